The van der Waals surface area contributed by atoms with Crippen molar-refractivity contribution >= 4 is 18.0 Å². The van der Waals surface area contributed by atoms with Crippen molar-refractivity contribution in [2.24, 2.45) is 5.92 Å². The summed E-state index contributed by atoms with van der Waals surface area (Å²) in [4.78, 5) is 34.9. The Morgan fingerprint density at radius 3 is 2.20 bits per heavy atom. The Morgan fingerprint density at radius 2 is 1.70 bits per heavy atom. The number of nitrogens with zero attached hydrogens (tertiary/aromatic N) is 1. The molecule has 0 aliphatic carbocycles. The zero-order chi connectivity index (χ0) is 15.5. The zero-order valence-electron chi connectivity index (χ0n) is 12.2. The van der Waals surface area contributed by atoms with E-state index in [9.17, 15) is 14.4 Å². The number of nitrogens with one attached hydrogen (secondary N) is 3. The molecule has 4 N–H and O–H groups in total. The third kappa shape index (κ3) is 8.17. The molecule has 0 saturated heterocycles. The molecule has 0 radical (unpaired) electrons. The molecule has 0 aromatic carbocycles. The van der Waals surface area contributed by atoms with E-state index in [0.717, 1.165) is 6.42 Å². The van der Waals surface area contributed by atoms with E-state index in [0.29, 0.717) is 13.0 Å². The fourth-order valence-corrected chi connectivity index (χ4v) is 1.44. The van der Waals surface area contributed by atoms with Gasteiger partial charge in [-0.1, -0.05) is 13.3 Å². The lowest BCUT2D eigenvalue weighted by Crippen LogP contribution is -2.44. The molecule has 1 atom stereocenters. The summed E-state index contributed by atoms with van der Waals surface area (Å²) in [6.07, 6.45) is 1.27. The minimum absolute atomic E-state index is 0.0963. The number of urea groups is 2. The van der Waals surface area contributed by atoms with Crippen LogP contribution >= 0.6 is 0 Å². The standard InChI is InChI=1S/C12H24N4O4/c1-4-5-9(10(17)18)8-15-11(19)13-6-7-14-12(20)16(2)3/h9H,4-8H2,1-3H3,(H,14,20)(H,17,18)(H2,13,15,19). The molecule has 0 aromatic rings. The Hall–Kier alpha value is -1.99. The molecule has 0 saturated carbocycles. The summed E-state index contributed by atoms with van der Waals surface area (Å²) in [5, 5.41) is 16.6. The van der Waals surface area contributed by atoms with Gasteiger partial charge >= 0.3 is 18.0 Å². The summed E-state index contributed by atoms with van der Waals surface area (Å²) in [5.41, 5.74) is 0. The molecule has 0 aromatic heterocycles. The number of rotatable bonds is 8. The van der Waals surface area contributed by atoms with Gasteiger partial charge in [0.25, 0.3) is 0 Å². The molecule has 20 heavy (non-hydrogen) atoms. The van der Waals surface area contributed by atoms with Gasteiger partial charge in [0, 0.05) is 33.7 Å². The number of hydrogen-bond donors (Lipinski definition) is 4. The monoisotopic (exact) mass is 288 g/mol. The highest BCUT2D eigenvalue weighted by molar-refractivity contribution is 5.76. The first-order chi connectivity index (χ1) is 9.38. The largest absolute Gasteiger partial charge is 0.481 e. The van der Waals surface area contributed by atoms with Crippen LogP contribution in [0.2, 0.25) is 0 Å². The summed E-state index contributed by atoms with van der Waals surface area (Å²) in [5.74, 6) is -1.48. The first kappa shape index (κ1) is 18.0. The minimum Gasteiger partial charge on any atom is -0.481 e. The highest BCUT2D eigenvalue weighted by Crippen LogP contribution is 2.04. The van der Waals surface area contributed by atoms with Crippen molar-refractivity contribution in [2.45, 2.75) is 19.8 Å². The van der Waals surface area contributed by atoms with Gasteiger partial charge < -0.3 is 26.0 Å². The molecule has 0 spiro atoms. The first-order valence-electron chi connectivity index (χ1n) is 6.58. The summed E-state index contributed by atoms with van der Waals surface area (Å²) in [6, 6.07) is -0.674. The van der Waals surface area contributed by atoms with Crippen LogP contribution in [0.15, 0.2) is 0 Å². The summed E-state index contributed by atoms with van der Waals surface area (Å²) in [7, 11) is 3.24. The van der Waals surface area contributed by atoms with E-state index in [-0.39, 0.29) is 19.1 Å². The van der Waals surface area contributed by atoms with Crippen molar-refractivity contribution in [3.63, 3.8) is 0 Å². The molecule has 0 heterocycles. The van der Waals surface area contributed by atoms with Gasteiger partial charge in [0.1, 0.15) is 0 Å². The van der Waals surface area contributed by atoms with E-state index in [2.05, 4.69) is 16.0 Å². The van der Waals surface area contributed by atoms with Crippen LogP contribution in [-0.2, 0) is 4.79 Å². The van der Waals surface area contributed by atoms with Gasteiger partial charge in [0.05, 0.1) is 5.92 Å². The molecule has 1 unspecified atom stereocenters. The van der Waals surface area contributed by atoms with Crippen LogP contribution in [-0.4, -0.2) is 61.8 Å². The van der Waals surface area contributed by atoms with E-state index in [1.807, 2.05) is 6.92 Å². The Bertz CT molecular complexity index is 333. The normalized spacial score (nSPS) is 11.3. The van der Waals surface area contributed by atoms with Crippen LogP contribution in [0.3, 0.4) is 0 Å². The third-order valence-electron chi connectivity index (χ3n) is 2.59. The first-order valence-corrected chi connectivity index (χ1v) is 6.58. The van der Waals surface area contributed by atoms with E-state index in [4.69, 9.17) is 5.11 Å². The van der Waals surface area contributed by atoms with Gasteiger partial charge in [-0.2, -0.15) is 0 Å². The average Bonchev–Trinajstić information content (AvgIpc) is 2.38. The molecule has 0 fully saturated rings. The molecule has 0 bridgehead atoms. The molecule has 0 aliphatic rings. The molecular weight excluding hydrogens is 264 g/mol. The Morgan fingerprint density at radius 1 is 1.10 bits per heavy atom. The maximum absolute atomic E-state index is 11.4. The Labute approximate surface area is 118 Å². The van der Waals surface area contributed by atoms with Gasteiger partial charge in [-0.05, 0) is 6.42 Å². The maximum atomic E-state index is 11.4. The van der Waals surface area contributed by atoms with E-state index in [1.54, 1.807) is 14.1 Å². The van der Waals surface area contributed by atoms with Crippen LogP contribution in [0, 0.1) is 5.92 Å². The van der Waals surface area contributed by atoms with Crippen molar-refractivity contribution < 1.29 is 19.5 Å². The molecule has 8 nitrogen and oxygen atoms in total. The van der Waals surface area contributed by atoms with Crippen LogP contribution < -0.4 is 16.0 Å². The summed E-state index contributed by atoms with van der Waals surface area (Å²) < 4.78 is 0. The lowest BCUT2D eigenvalue weighted by atomic mass is 10.0. The summed E-state index contributed by atoms with van der Waals surface area (Å²) >= 11 is 0. The van der Waals surface area contributed by atoms with Crippen LogP contribution in [0.25, 0.3) is 0 Å². The van der Waals surface area contributed by atoms with Crippen molar-refractivity contribution in [1.29, 1.82) is 0 Å². The van der Waals surface area contributed by atoms with E-state index >= 15 is 0 Å². The van der Waals surface area contributed by atoms with Crippen molar-refractivity contribution in [3.8, 4) is 0 Å². The highest BCUT2D eigenvalue weighted by atomic mass is 16.4. The van der Waals surface area contributed by atoms with Crippen LogP contribution in [0.5, 0.6) is 0 Å². The number of carbonyl (C=O) groups is 3. The minimum atomic E-state index is -0.912. The topological polar surface area (TPSA) is 111 Å². The SMILES string of the molecule is CCCC(CNC(=O)NCCNC(=O)N(C)C)C(=O)O. The number of amides is 4. The summed E-state index contributed by atoms with van der Waals surface area (Å²) in [6.45, 7) is 2.57. The Balaban J connectivity index is 3.78. The van der Waals surface area contributed by atoms with Crippen molar-refractivity contribution in [3.05, 3.63) is 0 Å². The van der Waals surface area contributed by atoms with E-state index < -0.39 is 17.9 Å². The second-order valence-electron chi connectivity index (χ2n) is 4.59. The predicted octanol–water partition coefficient (Wildman–Crippen LogP) is 0.0577. The van der Waals surface area contributed by atoms with Gasteiger partial charge in [-0.25, -0.2) is 9.59 Å². The number of carboxylic acids is 1. The quantitative estimate of drug-likeness (QED) is 0.473. The molecule has 116 valence electrons. The van der Waals surface area contributed by atoms with E-state index in [1.165, 1.54) is 4.90 Å². The van der Waals surface area contributed by atoms with Crippen LogP contribution in [0.1, 0.15) is 19.8 Å². The number of carboxylic acid groups (broad SMARTS) is 1. The van der Waals surface area contributed by atoms with Gasteiger partial charge in [0.15, 0.2) is 0 Å². The third-order valence-corrected chi connectivity index (χ3v) is 2.59. The number of carbonyl (C=O) groups excluding carboxylic acids is 2. The lowest BCUT2D eigenvalue weighted by molar-refractivity contribution is -0.141. The number of aliphatic carboxylic acids is 1. The van der Waals surface area contributed by atoms with Gasteiger partial charge in [-0.15, -0.1) is 0 Å². The Kier molecular flexibility index (Phi) is 8.89. The molecular formula is C12H24N4O4. The maximum Gasteiger partial charge on any atom is 0.316 e. The molecule has 0 aliphatic heterocycles. The average molecular weight is 288 g/mol. The number of hydrogen-bond acceptors (Lipinski definition) is 3. The zero-order valence-corrected chi connectivity index (χ0v) is 12.2. The smallest absolute Gasteiger partial charge is 0.316 e. The molecule has 4 amide bonds. The second kappa shape index (κ2) is 9.88. The second-order valence-corrected chi connectivity index (χ2v) is 4.59. The predicted molar refractivity (Wildman–Crippen MR) is 74.5 cm³/mol. The van der Waals surface area contributed by atoms with Crippen molar-refractivity contribution in [2.75, 3.05) is 33.7 Å². The fourth-order valence-electron chi connectivity index (χ4n) is 1.44. The van der Waals surface area contributed by atoms with Gasteiger partial charge in [-0.3, -0.25) is 4.79 Å². The van der Waals surface area contributed by atoms with Crippen LogP contribution in [0.4, 0.5) is 9.59 Å². The van der Waals surface area contributed by atoms with Gasteiger partial charge in [0.2, 0.25) is 0 Å². The highest BCUT2D eigenvalue weighted by Gasteiger charge is 2.16. The molecule has 8 heteroatoms. The lowest BCUT2D eigenvalue weighted by Gasteiger charge is -2.14. The fraction of sp³-hybridized carbons (Fsp3) is 0.750. The molecule has 0 rings (SSSR count). The van der Waals surface area contributed by atoms with Crippen molar-refractivity contribution in [1.82, 2.24) is 20.9 Å².